The molecule has 0 bridgehead atoms. The third-order valence-corrected chi connectivity index (χ3v) is 6.36. The molecule has 0 saturated carbocycles. The van der Waals surface area contributed by atoms with Gasteiger partial charge >= 0.3 is 0 Å². The van der Waals surface area contributed by atoms with Crippen LogP contribution in [0.25, 0.3) is 0 Å². The minimum atomic E-state index is -0.662. The maximum Gasteiger partial charge on any atom is 0.269 e. The number of hydrogen-bond donors (Lipinski definition) is 1. The molecule has 1 atom stereocenters. The Morgan fingerprint density at radius 2 is 1.77 bits per heavy atom. The molecule has 31 heavy (non-hydrogen) atoms. The van der Waals surface area contributed by atoms with Gasteiger partial charge in [0.15, 0.2) is 0 Å². The largest absolute Gasteiger partial charge is 0.357 e. The Kier molecular flexibility index (Phi) is 9.61. The Labute approximate surface area is 195 Å². The second-order valence-electron chi connectivity index (χ2n) is 6.68. The van der Waals surface area contributed by atoms with Crippen molar-refractivity contribution in [2.75, 3.05) is 12.8 Å². The molecule has 2 amide bonds. The molecule has 2 aromatic carbocycles. The lowest BCUT2D eigenvalue weighted by atomic mass is 10.1. The number of thioether (sulfide) groups is 1. The van der Waals surface area contributed by atoms with E-state index >= 15 is 0 Å². The molecule has 0 aliphatic carbocycles. The first-order chi connectivity index (χ1) is 14.8. The lowest BCUT2D eigenvalue weighted by molar-refractivity contribution is -0.384. The number of non-ortho nitro benzene ring substituents is 1. The molecule has 7 nitrogen and oxygen atoms in total. The predicted octanol–water partition coefficient (Wildman–Crippen LogP) is 4.69. The molecule has 0 aliphatic rings. The minimum absolute atomic E-state index is 0.0176. The zero-order valence-corrected chi connectivity index (χ0v) is 19.5. The van der Waals surface area contributed by atoms with E-state index in [2.05, 4.69) is 5.32 Å². The van der Waals surface area contributed by atoms with E-state index in [-0.39, 0.29) is 29.8 Å². The number of nitro groups is 1. The Hall–Kier alpha value is -2.29. The summed E-state index contributed by atoms with van der Waals surface area (Å²) in [5.74, 6) is 0.144. The monoisotopic (exact) mass is 483 g/mol. The standard InChI is InChI=1S/C21H23Cl2N3O4S/c1-3-19(21(28)24-2)25(11-16-17(22)5-4-6-18(16)23)20(27)13-31-12-14-7-9-15(10-8-14)26(29)30/h4-10,19H,3,11-13H2,1-2H3,(H,24,28). The molecule has 2 rings (SSSR count). The Balaban J connectivity index is 2.13. The van der Waals surface area contributed by atoms with Gasteiger partial charge in [-0.3, -0.25) is 19.7 Å². The lowest BCUT2D eigenvalue weighted by Gasteiger charge is -2.30. The first kappa shape index (κ1) is 25.0. The van der Waals surface area contributed by atoms with Crippen LogP contribution in [0, 0.1) is 10.1 Å². The molecular weight excluding hydrogens is 461 g/mol. The van der Waals surface area contributed by atoms with Gasteiger partial charge in [0.25, 0.3) is 5.69 Å². The summed E-state index contributed by atoms with van der Waals surface area (Å²) in [5.41, 5.74) is 1.47. The number of nitrogens with one attached hydrogen (secondary N) is 1. The van der Waals surface area contributed by atoms with Gasteiger partial charge in [-0.15, -0.1) is 11.8 Å². The highest BCUT2D eigenvalue weighted by Gasteiger charge is 2.29. The van der Waals surface area contributed by atoms with Crippen LogP contribution in [0.4, 0.5) is 5.69 Å². The third kappa shape index (κ3) is 6.85. The Morgan fingerprint density at radius 1 is 1.16 bits per heavy atom. The molecule has 0 aliphatic heterocycles. The van der Waals surface area contributed by atoms with Crippen molar-refractivity contribution in [1.29, 1.82) is 0 Å². The molecular formula is C21H23Cl2N3O4S. The fourth-order valence-corrected chi connectivity index (χ4v) is 4.38. The summed E-state index contributed by atoms with van der Waals surface area (Å²) >= 11 is 13.9. The van der Waals surface area contributed by atoms with Gasteiger partial charge in [0.1, 0.15) is 6.04 Å². The van der Waals surface area contributed by atoms with Crippen molar-refractivity contribution in [1.82, 2.24) is 10.2 Å². The summed E-state index contributed by atoms with van der Waals surface area (Å²) in [4.78, 5) is 37.3. The van der Waals surface area contributed by atoms with E-state index in [0.717, 1.165) is 5.56 Å². The van der Waals surface area contributed by atoms with E-state index in [1.54, 1.807) is 30.3 Å². The van der Waals surface area contributed by atoms with Crippen molar-refractivity contribution in [3.63, 3.8) is 0 Å². The van der Waals surface area contributed by atoms with E-state index < -0.39 is 11.0 Å². The van der Waals surface area contributed by atoms with Gasteiger partial charge in [0, 0.05) is 47.1 Å². The van der Waals surface area contributed by atoms with E-state index in [1.807, 2.05) is 6.92 Å². The number of carbonyl (C=O) groups is 2. The molecule has 1 N–H and O–H groups in total. The quantitative estimate of drug-likeness (QED) is 0.390. The summed E-state index contributed by atoms with van der Waals surface area (Å²) in [6.45, 7) is 1.94. The van der Waals surface area contributed by atoms with Crippen molar-refractivity contribution < 1.29 is 14.5 Å². The topological polar surface area (TPSA) is 92.6 Å². The number of likely N-dealkylation sites (N-methyl/N-ethyl adjacent to an activating group) is 1. The van der Waals surface area contributed by atoms with Crippen molar-refractivity contribution >= 4 is 52.5 Å². The van der Waals surface area contributed by atoms with Crippen molar-refractivity contribution in [2.24, 2.45) is 0 Å². The van der Waals surface area contributed by atoms with Gasteiger partial charge in [0.05, 0.1) is 10.7 Å². The lowest BCUT2D eigenvalue weighted by Crippen LogP contribution is -2.48. The second kappa shape index (κ2) is 11.9. The summed E-state index contributed by atoms with van der Waals surface area (Å²) < 4.78 is 0. The van der Waals surface area contributed by atoms with Crippen LogP contribution in [0.3, 0.4) is 0 Å². The highest BCUT2D eigenvalue weighted by atomic mass is 35.5. The van der Waals surface area contributed by atoms with E-state index in [4.69, 9.17) is 23.2 Å². The van der Waals surface area contributed by atoms with Crippen LogP contribution in [-0.4, -0.2) is 40.5 Å². The van der Waals surface area contributed by atoms with Gasteiger partial charge in [-0.1, -0.05) is 48.3 Å². The van der Waals surface area contributed by atoms with Crippen LogP contribution in [0.5, 0.6) is 0 Å². The predicted molar refractivity (Wildman–Crippen MR) is 124 cm³/mol. The third-order valence-electron chi connectivity index (χ3n) is 4.66. The SMILES string of the molecule is CCC(C(=O)NC)N(Cc1c(Cl)cccc1Cl)C(=O)CSCc1ccc([N+](=O)[O-])cc1. The molecule has 0 aromatic heterocycles. The number of amides is 2. The molecule has 10 heteroatoms. The first-order valence-corrected chi connectivity index (χ1v) is 11.4. The molecule has 0 fully saturated rings. The van der Waals surface area contributed by atoms with Gasteiger partial charge < -0.3 is 10.2 Å². The smallest absolute Gasteiger partial charge is 0.269 e. The summed E-state index contributed by atoms with van der Waals surface area (Å²) in [5, 5.41) is 14.2. The van der Waals surface area contributed by atoms with Crippen LogP contribution in [-0.2, 0) is 21.9 Å². The van der Waals surface area contributed by atoms with Crippen molar-refractivity contribution in [3.05, 3.63) is 73.8 Å². The number of nitro benzene ring substituents is 1. The van der Waals surface area contributed by atoms with Crippen molar-refractivity contribution in [2.45, 2.75) is 31.7 Å². The number of benzene rings is 2. The van der Waals surface area contributed by atoms with Crippen LogP contribution < -0.4 is 5.32 Å². The number of carbonyl (C=O) groups excluding carboxylic acids is 2. The average molecular weight is 484 g/mol. The zero-order chi connectivity index (χ0) is 23.0. The van der Waals surface area contributed by atoms with Crippen LogP contribution in [0.1, 0.15) is 24.5 Å². The average Bonchev–Trinajstić information content (AvgIpc) is 2.75. The normalized spacial score (nSPS) is 11.6. The van der Waals surface area contributed by atoms with E-state index in [1.165, 1.54) is 35.8 Å². The van der Waals surface area contributed by atoms with Crippen LogP contribution >= 0.6 is 35.0 Å². The summed E-state index contributed by atoms with van der Waals surface area (Å²) in [6.07, 6.45) is 0.431. The van der Waals surface area contributed by atoms with Crippen LogP contribution in [0.15, 0.2) is 42.5 Å². The molecule has 166 valence electrons. The van der Waals surface area contributed by atoms with Crippen LogP contribution in [0.2, 0.25) is 10.0 Å². The highest BCUT2D eigenvalue weighted by molar-refractivity contribution is 7.99. The Bertz CT molecular complexity index is 920. The fraction of sp³-hybridized carbons (Fsp3) is 0.333. The van der Waals surface area contributed by atoms with Gasteiger partial charge in [-0.25, -0.2) is 0 Å². The minimum Gasteiger partial charge on any atom is -0.357 e. The second-order valence-corrected chi connectivity index (χ2v) is 8.48. The maximum atomic E-state index is 13.1. The van der Waals surface area contributed by atoms with Gasteiger partial charge in [0.2, 0.25) is 11.8 Å². The fourth-order valence-electron chi connectivity index (χ4n) is 2.99. The van der Waals surface area contributed by atoms with Crippen molar-refractivity contribution in [3.8, 4) is 0 Å². The molecule has 2 aromatic rings. The van der Waals surface area contributed by atoms with E-state index in [0.29, 0.717) is 27.8 Å². The summed E-state index contributed by atoms with van der Waals surface area (Å²) in [6, 6.07) is 10.6. The van der Waals surface area contributed by atoms with Gasteiger partial charge in [-0.2, -0.15) is 0 Å². The first-order valence-electron chi connectivity index (χ1n) is 9.53. The number of nitrogens with zero attached hydrogens (tertiary/aromatic N) is 2. The molecule has 0 spiro atoms. The molecule has 0 heterocycles. The Morgan fingerprint density at radius 3 is 2.29 bits per heavy atom. The number of halogens is 2. The molecule has 0 saturated heterocycles. The number of rotatable bonds is 10. The molecule has 1 unspecified atom stereocenters. The highest BCUT2D eigenvalue weighted by Crippen LogP contribution is 2.27. The van der Waals surface area contributed by atoms with E-state index in [9.17, 15) is 19.7 Å². The maximum absolute atomic E-state index is 13.1. The number of hydrogen-bond acceptors (Lipinski definition) is 5. The van der Waals surface area contributed by atoms with Gasteiger partial charge in [-0.05, 0) is 24.1 Å². The zero-order valence-electron chi connectivity index (χ0n) is 17.1. The summed E-state index contributed by atoms with van der Waals surface area (Å²) in [7, 11) is 1.53. The molecule has 0 radical (unpaired) electrons.